The lowest BCUT2D eigenvalue weighted by molar-refractivity contribution is 0.0791. The highest BCUT2D eigenvalue weighted by atomic mass is 32.1. The van der Waals surface area contributed by atoms with E-state index in [0.717, 1.165) is 24.8 Å². The molecular weight excluding hydrogens is 432 g/mol. The van der Waals surface area contributed by atoms with Crippen LogP contribution in [0.3, 0.4) is 0 Å². The Kier molecular flexibility index (Phi) is 7.88. The molecule has 2 unspecified atom stereocenters. The fourth-order valence-electron chi connectivity index (χ4n) is 4.05. The van der Waals surface area contributed by atoms with Crippen LogP contribution in [0.5, 0.6) is 0 Å². The van der Waals surface area contributed by atoms with Crippen LogP contribution in [0.25, 0.3) is 0 Å². The average molecular weight is 463 g/mol. The second kappa shape index (κ2) is 11.2. The molecule has 1 fully saturated rings. The topological polar surface area (TPSA) is 73.5 Å². The summed E-state index contributed by atoms with van der Waals surface area (Å²) in [5.41, 5.74) is 9.70. The molecule has 1 saturated heterocycles. The van der Waals surface area contributed by atoms with Crippen molar-refractivity contribution in [2.24, 2.45) is 0 Å². The van der Waals surface area contributed by atoms with Crippen LogP contribution in [0.4, 0.5) is 0 Å². The smallest absolute Gasteiger partial charge is 0.261 e. The molecule has 0 bridgehead atoms. The molecule has 1 aliphatic rings. The number of rotatable bonds is 9. The van der Waals surface area contributed by atoms with Crippen LogP contribution in [0.2, 0.25) is 0 Å². The Labute approximate surface area is 199 Å². The number of nitrogens with one attached hydrogen (secondary N) is 3. The molecular formula is C26H30N4O2S. The third kappa shape index (κ3) is 6.28. The first-order chi connectivity index (χ1) is 16.1. The Morgan fingerprint density at radius 3 is 2.55 bits per heavy atom. The van der Waals surface area contributed by atoms with Gasteiger partial charge in [-0.2, -0.15) is 0 Å². The number of hydrogen-bond acceptors (Lipinski definition) is 5. The van der Waals surface area contributed by atoms with Crippen molar-refractivity contribution < 1.29 is 9.59 Å². The number of hydrogen-bond donors (Lipinski definition) is 3. The van der Waals surface area contributed by atoms with E-state index < -0.39 is 0 Å². The minimum Gasteiger partial charge on any atom is -0.347 e. The van der Waals surface area contributed by atoms with E-state index in [0.29, 0.717) is 35.6 Å². The van der Waals surface area contributed by atoms with Gasteiger partial charge in [-0.25, -0.2) is 0 Å². The van der Waals surface area contributed by atoms with Crippen molar-refractivity contribution in [1.29, 1.82) is 0 Å². The van der Waals surface area contributed by atoms with Crippen molar-refractivity contribution in [3.63, 3.8) is 0 Å². The van der Waals surface area contributed by atoms with Gasteiger partial charge in [0.2, 0.25) is 0 Å². The van der Waals surface area contributed by atoms with Crippen molar-refractivity contribution in [2.45, 2.75) is 37.9 Å². The highest BCUT2D eigenvalue weighted by Gasteiger charge is 2.24. The van der Waals surface area contributed by atoms with Crippen LogP contribution in [0.15, 0.2) is 72.1 Å². The predicted molar refractivity (Wildman–Crippen MR) is 132 cm³/mol. The van der Waals surface area contributed by atoms with E-state index in [9.17, 15) is 9.59 Å². The van der Waals surface area contributed by atoms with Crippen LogP contribution in [0, 0.1) is 0 Å². The second-order valence-electron chi connectivity index (χ2n) is 8.41. The number of hydrazine groups is 1. The maximum Gasteiger partial charge on any atom is 0.261 e. The first-order valence-electron chi connectivity index (χ1n) is 11.3. The lowest BCUT2D eigenvalue weighted by Crippen LogP contribution is -2.32. The average Bonchev–Trinajstić information content (AvgIpc) is 3.56. The van der Waals surface area contributed by atoms with E-state index >= 15 is 0 Å². The van der Waals surface area contributed by atoms with Gasteiger partial charge in [0.1, 0.15) is 0 Å². The molecule has 1 aromatic heterocycles. The molecule has 33 heavy (non-hydrogen) atoms. The molecule has 0 spiro atoms. The molecule has 0 aliphatic carbocycles. The molecule has 2 amide bonds. The maximum atomic E-state index is 12.8. The molecule has 2 heterocycles. The molecule has 2 aromatic carbocycles. The van der Waals surface area contributed by atoms with Crippen LogP contribution < -0.4 is 16.2 Å². The van der Waals surface area contributed by atoms with Gasteiger partial charge in [0.15, 0.2) is 0 Å². The lowest BCUT2D eigenvalue weighted by atomic mass is 10.00. The molecule has 172 valence electrons. The molecule has 3 aromatic rings. The molecule has 0 radical (unpaired) electrons. The molecule has 1 aliphatic heterocycles. The van der Waals surface area contributed by atoms with E-state index in [4.69, 9.17) is 0 Å². The summed E-state index contributed by atoms with van der Waals surface area (Å²) in [6, 6.07) is 22.3. The molecule has 6 nitrogen and oxygen atoms in total. The van der Waals surface area contributed by atoms with E-state index in [1.165, 1.54) is 16.9 Å². The van der Waals surface area contributed by atoms with Gasteiger partial charge in [0.05, 0.1) is 4.88 Å². The number of carbonyl (C=O) groups excluding carboxylic acids is 2. The third-order valence-corrected chi connectivity index (χ3v) is 6.84. The van der Waals surface area contributed by atoms with E-state index in [-0.39, 0.29) is 11.8 Å². The highest BCUT2D eigenvalue weighted by Crippen LogP contribution is 2.23. The summed E-state index contributed by atoms with van der Waals surface area (Å²) in [4.78, 5) is 27.3. The Hall–Kier alpha value is -3.00. The largest absolute Gasteiger partial charge is 0.347 e. The van der Waals surface area contributed by atoms with Gasteiger partial charge in [-0.1, -0.05) is 48.5 Å². The Morgan fingerprint density at radius 1 is 1.03 bits per heavy atom. The SMILES string of the molecule is CN(CCCC1CC(c2ccccc2)NN1)C(=O)c1ccc(CNC(=O)c2cccs2)cc1. The minimum atomic E-state index is -0.0769. The van der Waals surface area contributed by atoms with E-state index in [1.54, 1.807) is 11.0 Å². The highest BCUT2D eigenvalue weighted by molar-refractivity contribution is 7.12. The van der Waals surface area contributed by atoms with Crippen molar-refractivity contribution in [1.82, 2.24) is 21.1 Å². The van der Waals surface area contributed by atoms with Crippen molar-refractivity contribution in [2.75, 3.05) is 13.6 Å². The monoisotopic (exact) mass is 462 g/mol. The van der Waals surface area contributed by atoms with Crippen LogP contribution in [-0.4, -0.2) is 36.3 Å². The molecule has 7 heteroatoms. The van der Waals surface area contributed by atoms with Crippen molar-refractivity contribution >= 4 is 23.2 Å². The Bertz CT molecular complexity index is 1040. The van der Waals surface area contributed by atoms with Crippen LogP contribution >= 0.6 is 11.3 Å². The summed E-state index contributed by atoms with van der Waals surface area (Å²) in [7, 11) is 1.85. The zero-order valence-corrected chi connectivity index (χ0v) is 19.6. The number of thiophene rings is 1. The standard InChI is InChI=1S/C26H30N4O2S/c1-30(15-5-9-22-17-23(29-28-22)20-7-3-2-4-8-20)26(32)21-13-11-19(12-14-21)18-27-25(31)24-10-6-16-33-24/h2-4,6-8,10-14,16,22-23,28-29H,5,9,15,17-18H2,1H3,(H,27,31). The van der Waals surface area contributed by atoms with Crippen molar-refractivity contribution in [3.8, 4) is 0 Å². The number of amides is 2. The zero-order chi connectivity index (χ0) is 23.0. The Morgan fingerprint density at radius 2 is 1.82 bits per heavy atom. The summed E-state index contributed by atoms with van der Waals surface area (Å²) in [5, 5.41) is 4.79. The van der Waals surface area contributed by atoms with Crippen LogP contribution in [-0.2, 0) is 6.54 Å². The normalized spacial score (nSPS) is 17.6. The summed E-state index contributed by atoms with van der Waals surface area (Å²) in [6.07, 6.45) is 3.00. The second-order valence-corrected chi connectivity index (χ2v) is 9.36. The van der Waals surface area contributed by atoms with Gasteiger partial charge < -0.3 is 10.2 Å². The first kappa shape index (κ1) is 23.2. The van der Waals surface area contributed by atoms with E-state index in [1.807, 2.05) is 48.8 Å². The molecule has 0 saturated carbocycles. The lowest BCUT2D eigenvalue weighted by Gasteiger charge is -2.18. The maximum absolute atomic E-state index is 12.8. The minimum absolute atomic E-state index is 0.0174. The molecule has 4 rings (SSSR count). The quantitative estimate of drug-likeness (QED) is 0.447. The summed E-state index contributed by atoms with van der Waals surface area (Å²) in [5.74, 6) is -0.0595. The zero-order valence-electron chi connectivity index (χ0n) is 18.8. The number of carbonyl (C=O) groups is 2. The summed E-state index contributed by atoms with van der Waals surface area (Å²) in [6.45, 7) is 1.15. The van der Waals surface area contributed by atoms with Gasteiger partial charge in [0.25, 0.3) is 11.8 Å². The fraction of sp³-hybridized carbons (Fsp3) is 0.308. The van der Waals surface area contributed by atoms with Gasteiger partial charge in [-0.3, -0.25) is 20.4 Å². The van der Waals surface area contributed by atoms with Gasteiger partial charge >= 0.3 is 0 Å². The van der Waals surface area contributed by atoms with Gasteiger partial charge in [-0.05, 0) is 54.0 Å². The molecule has 3 N–H and O–H groups in total. The predicted octanol–water partition coefficient (Wildman–Crippen LogP) is 4.14. The third-order valence-electron chi connectivity index (χ3n) is 5.98. The number of nitrogens with zero attached hydrogens (tertiary/aromatic N) is 1. The first-order valence-corrected chi connectivity index (χ1v) is 12.2. The number of benzene rings is 2. The summed E-state index contributed by atoms with van der Waals surface area (Å²) < 4.78 is 0. The van der Waals surface area contributed by atoms with Crippen molar-refractivity contribution in [3.05, 3.63) is 93.7 Å². The fourth-order valence-corrected chi connectivity index (χ4v) is 4.69. The van der Waals surface area contributed by atoms with Gasteiger partial charge in [-0.15, -0.1) is 11.3 Å². The van der Waals surface area contributed by atoms with Crippen LogP contribution in [0.1, 0.15) is 56.5 Å². The van der Waals surface area contributed by atoms with Gasteiger partial charge in [0, 0.05) is 37.8 Å². The molecule has 2 atom stereocenters. The Balaban J connectivity index is 1.18. The summed E-state index contributed by atoms with van der Waals surface area (Å²) >= 11 is 1.42. The van der Waals surface area contributed by atoms with E-state index in [2.05, 4.69) is 40.4 Å².